The summed E-state index contributed by atoms with van der Waals surface area (Å²) in [6.07, 6.45) is -0.281. The average Bonchev–Trinajstić information content (AvgIpc) is 1.97. The maximum Gasteiger partial charge on any atom is 0.303 e. The second-order valence-electron chi connectivity index (χ2n) is 1.86. The third-order valence-corrected chi connectivity index (χ3v) is 0.958. The van der Waals surface area contributed by atoms with E-state index in [0.717, 1.165) is 0 Å². The van der Waals surface area contributed by atoms with E-state index >= 15 is 0 Å². The molecule has 62 valence electrons. The van der Waals surface area contributed by atoms with Gasteiger partial charge in [0.25, 0.3) is 0 Å². The summed E-state index contributed by atoms with van der Waals surface area (Å²) in [5, 5.41) is 10.4. The molecule has 0 aliphatic carbocycles. The average molecular weight is 160 g/mol. The van der Waals surface area contributed by atoms with Crippen LogP contribution in [0.2, 0.25) is 0 Å². The second-order valence-corrected chi connectivity index (χ2v) is 1.86. The number of ketones is 1. The first-order valence-electron chi connectivity index (χ1n) is 2.95. The number of carbonyl (C=O) groups is 2. The Hall–Kier alpha value is -1.46. The standard InChI is InChI=1S/C5H8N2O4/c8-4(3-6-7-11)1-2-5(9)10/h1-3H2,(H,6,11)(H,9,10). The number of hydrogen-bond acceptors (Lipinski definition) is 4. The minimum atomic E-state index is -1.03. The van der Waals surface area contributed by atoms with Crippen LogP contribution in [-0.2, 0) is 9.59 Å². The van der Waals surface area contributed by atoms with Gasteiger partial charge in [0.2, 0.25) is 0 Å². The van der Waals surface area contributed by atoms with Crippen molar-refractivity contribution in [1.29, 1.82) is 0 Å². The first-order valence-corrected chi connectivity index (χ1v) is 2.95. The molecular weight excluding hydrogens is 152 g/mol. The van der Waals surface area contributed by atoms with Crippen LogP contribution >= 0.6 is 0 Å². The number of nitrogens with one attached hydrogen (secondary N) is 1. The van der Waals surface area contributed by atoms with E-state index in [1.165, 1.54) is 0 Å². The Kier molecular flexibility index (Phi) is 4.63. The SMILES string of the molecule is O=NNCC(=O)CCC(=O)O. The van der Waals surface area contributed by atoms with Crippen molar-refractivity contribution in [3.63, 3.8) is 0 Å². The van der Waals surface area contributed by atoms with Gasteiger partial charge in [0.1, 0.15) is 0 Å². The molecule has 0 unspecified atom stereocenters. The van der Waals surface area contributed by atoms with Crippen molar-refractivity contribution in [1.82, 2.24) is 5.43 Å². The summed E-state index contributed by atoms with van der Waals surface area (Å²) >= 11 is 0. The molecule has 0 amide bonds. The molecule has 0 bridgehead atoms. The third kappa shape index (κ3) is 6.42. The van der Waals surface area contributed by atoms with Crippen LogP contribution < -0.4 is 5.43 Å². The predicted octanol–water partition coefficient (Wildman–Crippen LogP) is -0.309. The van der Waals surface area contributed by atoms with Gasteiger partial charge >= 0.3 is 5.97 Å². The monoisotopic (exact) mass is 160 g/mol. The molecule has 0 heterocycles. The number of carboxylic acid groups (broad SMARTS) is 1. The van der Waals surface area contributed by atoms with Crippen LogP contribution in [0.25, 0.3) is 0 Å². The smallest absolute Gasteiger partial charge is 0.303 e. The van der Waals surface area contributed by atoms with E-state index in [4.69, 9.17) is 5.11 Å². The lowest BCUT2D eigenvalue weighted by Gasteiger charge is -1.94. The molecule has 0 aliphatic rings. The molecule has 0 rings (SSSR count). The minimum Gasteiger partial charge on any atom is -0.481 e. The summed E-state index contributed by atoms with van der Waals surface area (Å²) in [5.41, 5.74) is 1.90. The van der Waals surface area contributed by atoms with Crippen molar-refractivity contribution in [2.75, 3.05) is 6.54 Å². The molecule has 2 N–H and O–H groups in total. The summed E-state index contributed by atoms with van der Waals surface area (Å²) in [7, 11) is 0. The van der Waals surface area contributed by atoms with Gasteiger partial charge < -0.3 is 5.11 Å². The highest BCUT2D eigenvalue weighted by Crippen LogP contribution is 1.89. The molecule has 0 saturated carbocycles. The lowest BCUT2D eigenvalue weighted by atomic mass is 10.2. The maximum atomic E-state index is 10.6. The molecule has 0 aliphatic heterocycles. The Bertz CT molecular complexity index is 168. The normalized spacial score (nSPS) is 8.73. The Labute approximate surface area is 62.5 Å². The van der Waals surface area contributed by atoms with Crippen molar-refractivity contribution in [3.05, 3.63) is 4.91 Å². The Balaban J connectivity index is 3.37. The maximum absolute atomic E-state index is 10.6. The number of carbonyl (C=O) groups excluding carboxylic acids is 1. The van der Waals surface area contributed by atoms with Gasteiger partial charge in [0.15, 0.2) is 5.78 Å². The van der Waals surface area contributed by atoms with Crippen molar-refractivity contribution in [2.24, 2.45) is 5.29 Å². The van der Waals surface area contributed by atoms with Crippen LogP contribution in [0.4, 0.5) is 0 Å². The van der Waals surface area contributed by atoms with E-state index in [1.807, 2.05) is 5.43 Å². The summed E-state index contributed by atoms with van der Waals surface area (Å²) in [6.45, 7) is -0.198. The molecule has 0 aromatic carbocycles. The number of hydrogen-bond donors (Lipinski definition) is 2. The molecule has 0 aromatic heterocycles. The van der Waals surface area contributed by atoms with Crippen molar-refractivity contribution >= 4 is 11.8 Å². The zero-order valence-electron chi connectivity index (χ0n) is 5.74. The van der Waals surface area contributed by atoms with Crippen LogP contribution in [0.15, 0.2) is 5.29 Å². The first-order chi connectivity index (χ1) is 5.16. The molecule has 0 radical (unpaired) electrons. The Morgan fingerprint density at radius 3 is 2.45 bits per heavy atom. The van der Waals surface area contributed by atoms with Gasteiger partial charge in [-0.1, -0.05) is 0 Å². The fourth-order valence-corrected chi connectivity index (χ4v) is 0.455. The van der Waals surface area contributed by atoms with E-state index in [2.05, 4.69) is 5.29 Å². The van der Waals surface area contributed by atoms with E-state index < -0.39 is 5.97 Å². The van der Waals surface area contributed by atoms with Crippen LogP contribution in [-0.4, -0.2) is 23.4 Å². The van der Waals surface area contributed by atoms with E-state index in [1.54, 1.807) is 0 Å². The molecule has 6 heteroatoms. The molecule has 0 spiro atoms. The van der Waals surface area contributed by atoms with Crippen LogP contribution in [0, 0.1) is 4.91 Å². The van der Waals surface area contributed by atoms with Gasteiger partial charge in [0.05, 0.1) is 18.3 Å². The van der Waals surface area contributed by atoms with Crippen LogP contribution in [0.5, 0.6) is 0 Å². The fraction of sp³-hybridized carbons (Fsp3) is 0.600. The predicted molar refractivity (Wildman–Crippen MR) is 35.7 cm³/mol. The van der Waals surface area contributed by atoms with Crippen molar-refractivity contribution < 1.29 is 14.7 Å². The minimum absolute atomic E-state index is 0.0716. The van der Waals surface area contributed by atoms with Gasteiger partial charge in [-0.15, -0.1) is 4.91 Å². The highest BCUT2D eigenvalue weighted by Gasteiger charge is 2.04. The lowest BCUT2D eigenvalue weighted by Crippen LogP contribution is -2.17. The summed E-state index contributed by atoms with van der Waals surface area (Å²) in [4.78, 5) is 29.9. The molecule has 0 fully saturated rings. The third-order valence-electron chi connectivity index (χ3n) is 0.958. The molecule has 0 saturated heterocycles. The van der Waals surface area contributed by atoms with Crippen LogP contribution in [0.3, 0.4) is 0 Å². The number of nitrogens with zero attached hydrogens (tertiary/aromatic N) is 1. The highest BCUT2D eigenvalue weighted by molar-refractivity contribution is 5.83. The molecule has 6 nitrogen and oxygen atoms in total. The van der Waals surface area contributed by atoms with E-state index in [9.17, 15) is 14.5 Å². The lowest BCUT2D eigenvalue weighted by molar-refractivity contribution is -0.138. The second kappa shape index (κ2) is 5.33. The number of rotatable bonds is 6. The van der Waals surface area contributed by atoms with Gasteiger partial charge in [-0.05, 0) is 0 Å². The summed E-state index contributed by atoms with van der Waals surface area (Å²) < 4.78 is 0. The topological polar surface area (TPSA) is 95.8 Å². The van der Waals surface area contributed by atoms with Gasteiger partial charge in [-0.3, -0.25) is 15.0 Å². The molecule has 0 aromatic rings. The van der Waals surface area contributed by atoms with E-state index in [-0.39, 0.29) is 25.2 Å². The van der Waals surface area contributed by atoms with E-state index in [0.29, 0.717) is 0 Å². The zero-order chi connectivity index (χ0) is 8.69. The number of carboxylic acids is 1. The van der Waals surface area contributed by atoms with Gasteiger partial charge in [-0.2, -0.15) is 0 Å². The molecule has 11 heavy (non-hydrogen) atoms. The number of aliphatic carboxylic acids is 1. The molecular formula is C5H8N2O4. The van der Waals surface area contributed by atoms with Crippen molar-refractivity contribution in [3.8, 4) is 0 Å². The Morgan fingerprint density at radius 2 is 2.00 bits per heavy atom. The summed E-state index contributed by atoms with van der Waals surface area (Å²) in [6, 6.07) is 0. The highest BCUT2D eigenvalue weighted by atomic mass is 16.4. The quantitative estimate of drug-likeness (QED) is 0.410. The van der Waals surface area contributed by atoms with Crippen LogP contribution in [0.1, 0.15) is 12.8 Å². The largest absolute Gasteiger partial charge is 0.481 e. The van der Waals surface area contributed by atoms with Gasteiger partial charge in [-0.25, -0.2) is 0 Å². The summed E-state index contributed by atoms with van der Waals surface area (Å²) in [5.74, 6) is -1.37. The molecule has 0 atom stereocenters. The van der Waals surface area contributed by atoms with Crippen molar-refractivity contribution in [2.45, 2.75) is 12.8 Å². The number of nitroso groups, excluding NO2 is 1. The first kappa shape index (κ1) is 9.54. The number of Topliss-reactive ketones (excluding diaryl/α,β-unsaturated/α-hetero) is 1. The Morgan fingerprint density at radius 1 is 1.36 bits per heavy atom. The van der Waals surface area contributed by atoms with Gasteiger partial charge in [0, 0.05) is 6.42 Å². The fourth-order valence-electron chi connectivity index (χ4n) is 0.455. The zero-order valence-corrected chi connectivity index (χ0v) is 5.74.